The topological polar surface area (TPSA) is 129 Å². The van der Waals surface area contributed by atoms with Crippen molar-refractivity contribution in [2.24, 2.45) is 5.92 Å². The largest absolute Gasteiger partial charge is 0.493 e. The van der Waals surface area contributed by atoms with Crippen molar-refractivity contribution in [1.29, 1.82) is 0 Å². The third kappa shape index (κ3) is 5.26. The van der Waals surface area contributed by atoms with Crippen LogP contribution in [0.2, 0.25) is 0 Å². The summed E-state index contributed by atoms with van der Waals surface area (Å²) in [5.41, 5.74) is 2.48. The molecule has 0 aromatic heterocycles. The first kappa shape index (κ1) is 27.2. The Hall–Kier alpha value is -3.40. The van der Waals surface area contributed by atoms with Gasteiger partial charge in [0, 0.05) is 30.1 Å². The number of nitrogens with one attached hydrogen (secondary N) is 1. The van der Waals surface area contributed by atoms with E-state index >= 15 is 0 Å². The second-order valence-corrected chi connectivity index (χ2v) is 10.5. The van der Waals surface area contributed by atoms with Crippen LogP contribution in [0.5, 0.6) is 11.5 Å². The zero-order valence-electron chi connectivity index (χ0n) is 22.1. The monoisotopic (exact) mass is 536 g/mol. The summed E-state index contributed by atoms with van der Waals surface area (Å²) >= 11 is 0. The minimum atomic E-state index is -1.13. The van der Waals surface area contributed by atoms with E-state index in [1.165, 1.54) is 7.11 Å². The summed E-state index contributed by atoms with van der Waals surface area (Å²) in [4.78, 5) is 29.1. The van der Waals surface area contributed by atoms with E-state index in [9.17, 15) is 24.9 Å². The highest BCUT2D eigenvalue weighted by Gasteiger charge is 2.51. The molecule has 2 aromatic carbocycles. The van der Waals surface area contributed by atoms with Crippen LogP contribution < -0.4 is 14.8 Å². The molecule has 2 aromatic rings. The quantitative estimate of drug-likeness (QED) is 0.386. The summed E-state index contributed by atoms with van der Waals surface area (Å²) in [6.45, 7) is -0.122. The summed E-state index contributed by atoms with van der Waals surface area (Å²) in [5.74, 6) is -0.428. The molecule has 208 valence electrons. The molecular formula is C30H36N2O7. The Bertz CT molecular complexity index is 1230. The summed E-state index contributed by atoms with van der Waals surface area (Å²) in [6.07, 6.45) is 3.28. The molecule has 4 unspecified atom stereocenters. The molecule has 9 nitrogen and oxygen atoms in total. The van der Waals surface area contributed by atoms with Crippen LogP contribution >= 0.6 is 0 Å². The standard InChI is InChI=1S/C30H36N2O7/c1-38-24-14-19(17-34)13-21-25-22(29(36)31-11-12-33)15-23(26(35)28(25)39-27(21)24)32(16-18-7-3-2-4-8-18)30(37)20-9-5-6-10-20/h2-4,7-8,13-15,20,23,25-26,28,33-35H,5-6,9-12,16-17H2,1H3,(H,31,36). The first-order valence-electron chi connectivity index (χ1n) is 13.6. The lowest BCUT2D eigenvalue weighted by Crippen LogP contribution is -2.56. The van der Waals surface area contributed by atoms with Crippen LogP contribution in [0.3, 0.4) is 0 Å². The van der Waals surface area contributed by atoms with Crippen molar-refractivity contribution in [1.82, 2.24) is 10.2 Å². The molecule has 1 saturated carbocycles. The van der Waals surface area contributed by atoms with Gasteiger partial charge in [0.25, 0.3) is 0 Å². The van der Waals surface area contributed by atoms with Crippen molar-refractivity contribution in [2.45, 2.75) is 63.0 Å². The fourth-order valence-corrected chi connectivity index (χ4v) is 6.14. The number of aliphatic hydroxyl groups excluding tert-OH is 3. The molecule has 0 spiro atoms. The van der Waals surface area contributed by atoms with Gasteiger partial charge in [-0.2, -0.15) is 0 Å². The van der Waals surface area contributed by atoms with E-state index < -0.39 is 30.1 Å². The van der Waals surface area contributed by atoms with Gasteiger partial charge < -0.3 is 35.0 Å². The van der Waals surface area contributed by atoms with Crippen molar-refractivity contribution in [3.05, 3.63) is 70.8 Å². The molecule has 1 aliphatic heterocycles. The van der Waals surface area contributed by atoms with Gasteiger partial charge in [0.15, 0.2) is 11.5 Å². The number of methoxy groups -OCH3 is 1. The predicted octanol–water partition coefficient (Wildman–Crippen LogP) is 2.03. The second kappa shape index (κ2) is 11.8. The SMILES string of the molecule is COc1cc(CO)cc2c1OC1C2C(C(=O)NCCO)=CC(N(Cc2ccccc2)C(=O)C2CCCC2)C1O. The van der Waals surface area contributed by atoms with Gasteiger partial charge in [0.05, 0.1) is 32.3 Å². The highest BCUT2D eigenvalue weighted by atomic mass is 16.5. The number of ether oxygens (including phenoxy) is 2. The van der Waals surface area contributed by atoms with Gasteiger partial charge in [0.2, 0.25) is 11.8 Å². The zero-order chi connectivity index (χ0) is 27.5. The van der Waals surface area contributed by atoms with Crippen LogP contribution in [0.25, 0.3) is 0 Å². The predicted molar refractivity (Wildman–Crippen MR) is 143 cm³/mol. The molecule has 2 amide bonds. The number of nitrogens with zero attached hydrogens (tertiary/aromatic N) is 1. The molecule has 0 radical (unpaired) electrons. The third-order valence-corrected chi connectivity index (χ3v) is 8.04. The molecule has 3 aliphatic rings. The number of carbonyl (C=O) groups excluding carboxylic acids is 2. The van der Waals surface area contributed by atoms with Gasteiger partial charge in [-0.3, -0.25) is 9.59 Å². The molecular weight excluding hydrogens is 500 g/mol. The van der Waals surface area contributed by atoms with Gasteiger partial charge in [0.1, 0.15) is 12.2 Å². The molecule has 39 heavy (non-hydrogen) atoms. The number of carbonyl (C=O) groups is 2. The smallest absolute Gasteiger partial charge is 0.247 e. The van der Waals surface area contributed by atoms with Crippen molar-refractivity contribution < 1.29 is 34.4 Å². The molecule has 9 heteroatoms. The Morgan fingerprint density at radius 1 is 1.10 bits per heavy atom. The molecule has 4 atom stereocenters. The molecule has 4 N–H and O–H groups in total. The van der Waals surface area contributed by atoms with Crippen LogP contribution in [0.4, 0.5) is 0 Å². The van der Waals surface area contributed by atoms with Crippen molar-refractivity contribution in [2.75, 3.05) is 20.3 Å². The van der Waals surface area contributed by atoms with Crippen molar-refractivity contribution in [3.63, 3.8) is 0 Å². The van der Waals surface area contributed by atoms with Crippen molar-refractivity contribution in [3.8, 4) is 11.5 Å². The zero-order valence-corrected chi connectivity index (χ0v) is 22.1. The molecule has 2 aliphatic carbocycles. The van der Waals surface area contributed by atoms with E-state index in [1.54, 1.807) is 23.1 Å². The maximum Gasteiger partial charge on any atom is 0.247 e. The number of fused-ring (bicyclic) bond motifs is 3. The Labute approximate surface area is 228 Å². The second-order valence-electron chi connectivity index (χ2n) is 10.5. The fourth-order valence-electron chi connectivity index (χ4n) is 6.14. The van der Waals surface area contributed by atoms with Gasteiger partial charge in [-0.15, -0.1) is 0 Å². The lowest BCUT2D eigenvalue weighted by atomic mass is 9.77. The Kier molecular flexibility index (Phi) is 8.20. The lowest BCUT2D eigenvalue weighted by molar-refractivity contribution is -0.142. The summed E-state index contributed by atoms with van der Waals surface area (Å²) in [6, 6.07) is 12.2. The van der Waals surface area contributed by atoms with Crippen molar-refractivity contribution >= 4 is 11.8 Å². The van der Waals surface area contributed by atoms with E-state index in [4.69, 9.17) is 9.47 Å². The van der Waals surface area contributed by atoms with Crippen LogP contribution in [0.1, 0.15) is 48.3 Å². The number of amides is 2. The number of hydrogen-bond acceptors (Lipinski definition) is 7. The Morgan fingerprint density at radius 3 is 2.51 bits per heavy atom. The number of benzene rings is 2. The average Bonchev–Trinajstić information content (AvgIpc) is 3.64. The van der Waals surface area contributed by atoms with Gasteiger partial charge in [-0.05, 0) is 42.2 Å². The Balaban J connectivity index is 1.59. The first-order chi connectivity index (χ1) is 19.0. The average molecular weight is 537 g/mol. The number of aliphatic hydroxyl groups is 3. The number of rotatable bonds is 9. The molecule has 5 rings (SSSR count). The van der Waals surface area contributed by atoms with E-state index in [1.807, 2.05) is 30.3 Å². The van der Waals surface area contributed by atoms with Crippen LogP contribution in [-0.4, -0.2) is 70.5 Å². The normalized spacial score (nSPS) is 23.8. The summed E-state index contributed by atoms with van der Waals surface area (Å²) < 4.78 is 11.8. The molecule has 0 bridgehead atoms. The highest BCUT2D eigenvalue weighted by Crippen LogP contribution is 2.51. The van der Waals surface area contributed by atoms with Crippen LogP contribution in [-0.2, 0) is 22.7 Å². The fraction of sp³-hybridized carbons (Fsp3) is 0.467. The van der Waals surface area contributed by atoms with Gasteiger partial charge >= 0.3 is 0 Å². The lowest BCUT2D eigenvalue weighted by Gasteiger charge is -2.41. The minimum Gasteiger partial charge on any atom is -0.493 e. The minimum absolute atomic E-state index is 0.0409. The Morgan fingerprint density at radius 2 is 1.85 bits per heavy atom. The highest BCUT2D eigenvalue weighted by molar-refractivity contribution is 5.96. The molecule has 0 saturated heterocycles. The third-order valence-electron chi connectivity index (χ3n) is 8.04. The van der Waals surface area contributed by atoms with Gasteiger partial charge in [-0.1, -0.05) is 43.2 Å². The summed E-state index contributed by atoms with van der Waals surface area (Å²) in [7, 11) is 1.49. The molecule has 1 heterocycles. The number of hydrogen-bond donors (Lipinski definition) is 4. The van der Waals surface area contributed by atoms with Crippen LogP contribution in [0, 0.1) is 5.92 Å². The first-order valence-corrected chi connectivity index (χ1v) is 13.6. The van der Waals surface area contributed by atoms with E-state index in [0.717, 1.165) is 31.2 Å². The van der Waals surface area contributed by atoms with Gasteiger partial charge in [-0.25, -0.2) is 0 Å². The van der Waals surface area contributed by atoms with E-state index in [0.29, 0.717) is 28.2 Å². The van der Waals surface area contributed by atoms with E-state index in [2.05, 4.69) is 5.32 Å². The van der Waals surface area contributed by atoms with Crippen LogP contribution in [0.15, 0.2) is 54.1 Å². The molecule has 1 fully saturated rings. The van der Waals surface area contributed by atoms with E-state index in [-0.39, 0.29) is 38.1 Å². The maximum atomic E-state index is 13.9. The maximum absolute atomic E-state index is 13.9. The summed E-state index contributed by atoms with van der Waals surface area (Å²) in [5, 5.41) is 33.7.